The highest BCUT2D eigenvalue weighted by Crippen LogP contribution is 2.20. The summed E-state index contributed by atoms with van der Waals surface area (Å²) in [5.41, 5.74) is 5.72. The molecule has 5 rings (SSSR count). The number of amides is 1. The molecule has 0 saturated carbocycles. The number of carbonyl (C=O) groups is 1. The van der Waals surface area contributed by atoms with Gasteiger partial charge in [-0.3, -0.25) is 14.2 Å². The molecular weight excluding hydrogens is 450 g/mol. The van der Waals surface area contributed by atoms with Gasteiger partial charge in [-0.05, 0) is 67.8 Å². The van der Waals surface area contributed by atoms with Gasteiger partial charge < -0.3 is 5.32 Å². The van der Waals surface area contributed by atoms with E-state index in [4.69, 9.17) is 11.6 Å². The number of aromatic nitrogens is 4. The van der Waals surface area contributed by atoms with Gasteiger partial charge in [-0.15, -0.1) is 5.10 Å². The fourth-order valence-corrected chi connectivity index (χ4v) is 4.29. The van der Waals surface area contributed by atoms with Gasteiger partial charge in [0.05, 0.1) is 17.6 Å². The monoisotopic (exact) mass is 471 g/mol. The summed E-state index contributed by atoms with van der Waals surface area (Å²) in [6.45, 7) is 6.18. The highest BCUT2D eigenvalue weighted by Gasteiger charge is 2.20. The molecule has 2 heterocycles. The minimum atomic E-state index is -0.475. The zero-order valence-corrected chi connectivity index (χ0v) is 19.7. The van der Waals surface area contributed by atoms with Crippen molar-refractivity contribution in [2.75, 3.05) is 5.32 Å². The van der Waals surface area contributed by atoms with Gasteiger partial charge in [-0.25, -0.2) is 4.52 Å². The van der Waals surface area contributed by atoms with Crippen molar-refractivity contribution >= 4 is 39.9 Å². The number of rotatable bonds is 4. The first kappa shape index (κ1) is 21.9. The third-order valence-electron chi connectivity index (χ3n) is 5.76. The third-order valence-corrected chi connectivity index (χ3v) is 5.99. The Morgan fingerprint density at radius 1 is 0.971 bits per heavy atom. The van der Waals surface area contributed by atoms with Crippen LogP contribution in [0.3, 0.4) is 0 Å². The van der Waals surface area contributed by atoms with E-state index < -0.39 is 5.91 Å². The van der Waals surface area contributed by atoms with Crippen LogP contribution >= 0.6 is 11.6 Å². The Kier molecular flexibility index (Phi) is 5.42. The Balaban J connectivity index is 1.64. The van der Waals surface area contributed by atoms with Gasteiger partial charge in [0.2, 0.25) is 11.5 Å². The van der Waals surface area contributed by atoms with E-state index in [1.54, 1.807) is 10.6 Å². The molecule has 1 amide bonds. The van der Waals surface area contributed by atoms with Crippen molar-refractivity contribution in [3.8, 4) is 0 Å². The van der Waals surface area contributed by atoms with E-state index in [1.807, 2.05) is 75.4 Å². The molecule has 0 aliphatic carbocycles. The second kappa shape index (κ2) is 8.43. The summed E-state index contributed by atoms with van der Waals surface area (Å²) >= 11 is 6.16. The van der Waals surface area contributed by atoms with E-state index in [1.165, 1.54) is 4.52 Å². The highest BCUT2D eigenvalue weighted by atomic mass is 35.5. The van der Waals surface area contributed by atoms with Gasteiger partial charge in [-0.2, -0.15) is 4.98 Å². The van der Waals surface area contributed by atoms with Crippen molar-refractivity contribution in [3.63, 3.8) is 0 Å². The van der Waals surface area contributed by atoms with E-state index in [0.29, 0.717) is 28.3 Å². The topological polar surface area (TPSA) is 81.3 Å². The maximum atomic E-state index is 13.5. The van der Waals surface area contributed by atoms with Crippen molar-refractivity contribution in [3.05, 3.63) is 104 Å². The molecule has 170 valence electrons. The smallest absolute Gasteiger partial charge is 0.296 e. The molecule has 2 aromatic heterocycles. The van der Waals surface area contributed by atoms with Gasteiger partial charge in [0, 0.05) is 10.7 Å². The van der Waals surface area contributed by atoms with E-state index >= 15 is 0 Å². The number of benzene rings is 3. The summed E-state index contributed by atoms with van der Waals surface area (Å²) in [6, 6.07) is 18.9. The van der Waals surface area contributed by atoms with Crippen molar-refractivity contribution in [2.24, 2.45) is 0 Å². The van der Waals surface area contributed by atoms with Crippen LogP contribution in [0.4, 0.5) is 5.69 Å². The number of hydrogen-bond donors (Lipinski definition) is 1. The van der Waals surface area contributed by atoms with E-state index in [9.17, 15) is 9.59 Å². The minimum Gasteiger partial charge on any atom is -0.319 e. The maximum absolute atomic E-state index is 13.5. The van der Waals surface area contributed by atoms with Crippen molar-refractivity contribution in [1.29, 1.82) is 0 Å². The lowest BCUT2D eigenvalue weighted by Crippen LogP contribution is -2.24. The zero-order valence-electron chi connectivity index (χ0n) is 19.0. The lowest BCUT2D eigenvalue weighted by atomic mass is 10.1. The molecule has 0 aliphatic heterocycles. The van der Waals surface area contributed by atoms with E-state index in [-0.39, 0.29) is 17.0 Å². The molecule has 0 bridgehead atoms. The Labute approximate surface area is 200 Å². The first-order valence-corrected chi connectivity index (χ1v) is 11.2. The number of nitrogens with zero attached hydrogens (tertiary/aromatic N) is 4. The van der Waals surface area contributed by atoms with Crippen molar-refractivity contribution in [1.82, 2.24) is 19.2 Å². The van der Waals surface area contributed by atoms with Crippen LogP contribution in [-0.4, -0.2) is 25.1 Å². The Morgan fingerprint density at radius 3 is 2.50 bits per heavy atom. The number of halogens is 1. The van der Waals surface area contributed by atoms with Gasteiger partial charge in [-0.1, -0.05) is 47.5 Å². The minimum absolute atomic E-state index is 0.0699. The second-order valence-electron chi connectivity index (χ2n) is 8.46. The SMILES string of the molecule is Cc1ccc(NC(=O)c2nc3c(=O)n(Cc4cccc(Cl)c4)c4cc(C)ccc4n3n2)c(C)c1. The molecule has 7 nitrogen and oxygen atoms in total. The molecule has 0 unspecified atom stereocenters. The van der Waals surface area contributed by atoms with Gasteiger partial charge >= 0.3 is 0 Å². The maximum Gasteiger partial charge on any atom is 0.296 e. The van der Waals surface area contributed by atoms with Crippen LogP contribution in [0.1, 0.15) is 32.9 Å². The molecule has 5 aromatic rings. The summed E-state index contributed by atoms with van der Waals surface area (Å²) < 4.78 is 3.09. The van der Waals surface area contributed by atoms with Crippen LogP contribution < -0.4 is 10.9 Å². The fourth-order valence-electron chi connectivity index (χ4n) is 4.08. The van der Waals surface area contributed by atoms with Crippen molar-refractivity contribution < 1.29 is 4.79 Å². The average Bonchev–Trinajstić information content (AvgIpc) is 3.24. The lowest BCUT2D eigenvalue weighted by molar-refractivity contribution is 0.101. The van der Waals surface area contributed by atoms with Crippen LogP contribution in [0, 0.1) is 20.8 Å². The number of carbonyl (C=O) groups excluding carboxylic acids is 1. The first-order valence-electron chi connectivity index (χ1n) is 10.8. The van der Waals surface area contributed by atoms with Gasteiger partial charge in [0.25, 0.3) is 11.5 Å². The third kappa shape index (κ3) is 3.95. The first-order chi connectivity index (χ1) is 16.3. The predicted molar refractivity (Wildman–Crippen MR) is 134 cm³/mol. The molecule has 0 atom stereocenters. The number of hydrogen-bond acceptors (Lipinski definition) is 4. The molecule has 0 fully saturated rings. The Morgan fingerprint density at radius 2 is 1.74 bits per heavy atom. The fraction of sp³-hybridized carbons (Fsp3) is 0.154. The Bertz CT molecular complexity index is 1650. The summed E-state index contributed by atoms with van der Waals surface area (Å²) in [5, 5.41) is 7.84. The Hall–Kier alpha value is -3.97. The molecule has 0 radical (unpaired) electrons. The summed E-state index contributed by atoms with van der Waals surface area (Å²) in [6.07, 6.45) is 0. The number of aryl methyl sites for hydroxylation is 3. The summed E-state index contributed by atoms with van der Waals surface area (Å²) in [5.74, 6) is -0.545. The van der Waals surface area contributed by atoms with Crippen LogP contribution in [-0.2, 0) is 6.54 Å². The number of fused-ring (bicyclic) bond motifs is 3. The molecule has 0 spiro atoms. The zero-order chi connectivity index (χ0) is 24.0. The molecule has 3 aromatic carbocycles. The molecule has 0 saturated heterocycles. The van der Waals surface area contributed by atoms with Gasteiger partial charge in [0.1, 0.15) is 0 Å². The quantitative estimate of drug-likeness (QED) is 0.403. The van der Waals surface area contributed by atoms with E-state index in [2.05, 4.69) is 15.4 Å². The molecule has 34 heavy (non-hydrogen) atoms. The normalized spacial score (nSPS) is 11.3. The van der Waals surface area contributed by atoms with Crippen LogP contribution in [0.15, 0.2) is 65.5 Å². The van der Waals surface area contributed by atoms with Crippen LogP contribution in [0.2, 0.25) is 5.02 Å². The standard InChI is InChI=1S/C26H22ClN5O2/c1-15-7-9-20(17(3)11-15)28-25(33)23-29-24-26(34)31(14-18-5-4-6-19(27)13-18)22-12-16(2)8-10-21(22)32(24)30-23/h4-13H,14H2,1-3H3,(H,28,33). The number of anilines is 1. The van der Waals surface area contributed by atoms with Crippen LogP contribution in [0.5, 0.6) is 0 Å². The largest absolute Gasteiger partial charge is 0.319 e. The molecule has 8 heteroatoms. The average molecular weight is 472 g/mol. The second-order valence-corrected chi connectivity index (χ2v) is 8.89. The highest BCUT2D eigenvalue weighted by molar-refractivity contribution is 6.30. The summed E-state index contributed by atoms with van der Waals surface area (Å²) in [7, 11) is 0. The van der Waals surface area contributed by atoms with Crippen molar-refractivity contribution in [2.45, 2.75) is 27.3 Å². The van der Waals surface area contributed by atoms with E-state index in [0.717, 1.165) is 22.3 Å². The van der Waals surface area contributed by atoms with Gasteiger partial charge in [0.15, 0.2) is 0 Å². The molecular formula is C26H22ClN5O2. The lowest BCUT2D eigenvalue weighted by Gasteiger charge is -2.12. The molecule has 0 aliphatic rings. The predicted octanol–water partition coefficient (Wildman–Crippen LogP) is 4.92. The molecule has 1 N–H and O–H groups in total. The van der Waals surface area contributed by atoms with Crippen LogP contribution in [0.25, 0.3) is 16.7 Å². The number of nitrogens with one attached hydrogen (secondary N) is 1. The summed E-state index contributed by atoms with van der Waals surface area (Å²) in [4.78, 5) is 30.8.